The molecule has 6 aliphatic rings. The van der Waals surface area contributed by atoms with Crippen LogP contribution in [0.5, 0.6) is 0 Å². The molecule has 8 atom stereocenters. The molecule has 0 aromatic rings. The second kappa shape index (κ2) is 15.1. The van der Waals surface area contributed by atoms with Gasteiger partial charge in [0.1, 0.15) is 11.2 Å². The maximum absolute atomic E-state index is 14.1. The van der Waals surface area contributed by atoms with E-state index in [1.54, 1.807) is 65.8 Å². The number of carbonyl (C=O) groups is 10. The van der Waals surface area contributed by atoms with E-state index >= 15 is 0 Å². The van der Waals surface area contributed by atoms with E-state index in [2.05, 4.69) is 0 Å². The molecule has 0 aromatic carbocycles. The zero-order valence-corrected chi connectivity index (χ0v) is 32.1. The van der Waals surface area contributed by atoms with Crippen molar-refractivity contribution in [3.63, 3.8) is 0 Å². The molecule has 18 heteroatoms. The monoisotopic (exact) mass is 782 g/mol. The number of hydrogen-bond acceptors (Lipinski definition) is 14. The van der Waals surface area contributed by atoms with Gasteiger partial charge in [0.25, 0.3) is 11.8 Å². The molecule has 6 heterocycles. The Morgan fingerprint density at radius 3 is 1.04 bits per heavy atom. The molecule has 0 aliphatic carbocycles. The van der Waals surface area contributed by atoms with Crippen LogP contribution in [0, 0.1) is 23.7 Å². The quantitative estimate of drug-likeness (QED) is 0.114. The molecule has 8 unspecified atom stereocenters. The van der Waals surface area contributed by atoms with Crippen molar-refractivity contribution in [1.29, 1.82) is 0 Å². The number of amides is 8. The zero-order chi connectivity index (χ0) is 41.0. The van der Waals surface area contributed by atoms with Crippen molar-refractivity contribution in [3.8, 4) is 0 Å². The summed E-state index contributed by atoms with van der Waals surface area (Å²) in [4.78, 5) is 136. The second-order valence-corrected chi connectivity index (χ2v) is 16.5. The number of nitrogens with zero attached hydrogens (tertiary/aromatic N) is 4. The average Bonchev–Trinajstić information content (AvgIpc) is 3.95. The Balaban J connectivity index is 1.23. The molecule has 6 aliphatic heterocycles. The molecular weight excluding hydrogens is 736 g/mol. The van der Waals surface area contributed by atoms with Crippen molar-refractivity contribution in [2.75, 3.05) is 13.1 Å². The normalized spacial score (nSPS) is 28.2. The third-order valence-electron chi connectivity index (χ3n) is 10.2. The van der Waals surface area contributed by atoms with Crippen molar-refractivity contribution in [2.24, 2.45) is 23.7 Å². The van der Waals surface area contributed by atoms with Gasteiger partial charge in [-0.15, -0.1) is 0 Å². The molecule has 0 spiro atoms. The van der Waals surface area contributed by atoms with E-state index in [-0.39, 0.29) is 10.0 Å². The van der Waals surface area contributed by atoms with Crippen LogP contribution in [0.1, 0.15) is 80.1 Å². The Bertz CT molecular complexity index is 1630. The van der Waals surface area contributed by atoms with Gasteiger partial charge in [-0.3, -0.25) is 57.7 Å². The van der Waals surface area contributed by atoms with Gasteiger partial charge >= 0.3 is 11.9 Å². The average molecular weight is 783 g/mol. The molecule has 0 aromatic heterocycles. The summed E-state index contributed by atoms with van der Waals surface area (Å²) in [5.74, 6) is -11.8. The summed E-state index contributed by atoms with van der Waals surface area (Å²) in [7, 11) is 0. The number of hydrogen-bond donors (Lipinski definition) is 0. The molecule has 4 fully saturated rings. The van der Waals surface area contributed by atoms with Crippen molar-refractivity contribution < 1.29 is 66.9 Å². The molecular formula is C38H46N4O14. The first-order valence-electron chi connectivity index (χ1n) is 18.7. The van der Waals surface area contributed by atoms with Crippen molar-refractivity contribution in [1.82, 2.24) is 19.8 Å². The van der Waals surface area contributed by atoms with Gasteiger partial charge in [0.15, 0.2) is 0 Å². The summed E-state index contributed by atoms with van der Waals surface area (Å²) < 4.78 is 21.9. The molecule has 18 nitrogen and oxygen atoms in total. The highest BCUT2D eigenvalue weighted by Gasteiger charge is 2.62. The summed E-state index contributed by atoms with van der Waals surface area (Å²) in [5, 5.41) is 0.482. The zero-order valence-electron chi connectivity index (χ0n) is 32.1. The van der Waals surface area contributed by atoms with Gasteiger partial charge in [-0.25, -0.2) is 0 Å². The molecule has 56 heavy (non-hydrogen) atoms. The number of imide groups is 4. The fraction of sp³-hybridized carbons (Fsp3) is 0.632. The molecule has 6 rings (SSSR count). The highest BCUT2D eigenvalue weighted by atomic mass is 16.6. The van der Waals surface area contributed by atoms with Gasteiger partial charge in [0.2, 0.25) is 35.4 Å². The predicted octanol–water partition coefficient (Wildman–Crippen LogP) is 0.513. The number of likely N-dealkylation sites (tertiary alicyclic amines) is 2. The lowest BCUT2D eigenvalue weighted by molar-refractivity contribution is -0.181. The highest BCUT2D eigenvalue weighted by Crippen LogP contribution is 2.46. The lowest BCUT2D eigenvalue weighted by Gasteiger charge is -2.32. The fourth-order valence-corrected chi connectivity index (χ4v) is 7.94. The highest BCUT2D eigenvalue weighted by molar-refractivity contribution is 6.09. The first-order chi connectivity index (χ1) is 26.2. The number of fused-ring (bicyclic) bond motifs is 10. The molecule has 302 valence electrons. The number of ether oxygens (including phenoxy) is 4. The van der Waals surface area contributed by atoms with E-state index in [9.17, 15) is 47.9 Å². The van der Waals surface area contributed by atoms with Crippen LogP contribution in [0.2, 0.25) is 0 Å². The predicted molar refractivity (Wildman–Crippen MR) is 186 cm³/mol. The maximum atomic E-state index is 14.1. The van der Waals surface area contributed by atoms with E-state index in [1.165, 1.54) is 0 Å². The summed E-state index contributed by atoms with van der Waals surface area (Å²) in [6.07, 6.45) is 0.356. The number of hydrazine groups is 1. The first-order valence-corrected chi connectivity index (χ1v) is 18.7. The summed E-state index contributed by atoms with van der Waals surface area (Å²) >= 11 is 0. The Morgan fingerprint density at radius 2 is 0.768 bits per heavy atom. The van der Waals surface area contributed by atoms with Gasteiger partial charge in [-0.05, 0) is 41.5 Å². The van der Waals surface area contributed by atoms with Crippen LogP contribution in [-0.2, 0) is 66.9 Å². The Morgan fingerprint density at radius 1 is 0.500 bits per heavy atom. The largest absolute Gasteiger partial charge is 0.460 e. The van der Waals surface area contributed by atoms with Crippen molar-refractivity contribution in [2.45, 2.75) is 116 Å². The lowest BCUT2D eigenvalue weighted by Crippen LogP contribution is -2.56. The second-order valence-electron chi connectivity index (χ2n) is 16.5. The standard InChI is InChI=1S/C38H46N4O14/c1-37(2,3)55-27(47)13-11-23(43)41(25(45)15-17-39-33(49)29-19-7-8-20(53-19)30(29)34(39)50)42(24(44)12-14-28(48)56-38(4,5)6)26(46)16-18-40-35(51)31-21-9-10-22(54-21)32(31)36(40)52/h7-10,19-22,29-32H,11-18H2,1-6H3. The smallest absolute Gasteiger partial charge is 0.306 e. The minimum atomic E-state index is -1.19. The molecule has 4 bridgehead atoms. The number of rotatable bonds is 12. The van der Waals surface area contributed by atoms with Crippen LogP contribution in [-0.4, -0.2) is 128 Å². The van der Waals surface area contributed by atoms with E-state index in [1.807, 2.05) is 0 Å². The number of esters is 2. The van der Waals surface area contributed by atoms with Gasteiger partial charge in [-0.2, -0.15) is 10.0 Å². The van der Waals surface area contributed by atoms with Crippen LogP contribution < -0.4 is 0 Å². The molecule has 0 radical (unpaired) electrons. The third kappa shape index (κ3) is 7.94. The lowest BCUT2D eigenvalue weighted by atomic mass is 9.85. The first kappa shape index (κ1) is 40.6. The minimum Gasteiger partial charge on any atom is -0.460 e. The minimum absolute atomic E-state index is 0.241. The summed E-state index contributed by atoms with van der Waals surface area (Å²) in [6, 6.07) is 0. The fourth-order valence-electron chi connectivity index (χ4n) is 7.94. The van der Waals surface area contributed by atoms with Crippen LogP contribution in [0.25, 0.3) is 0 Å². The summed E-state index contributed by atoms with van der Waals surface area (Å²) in [5.41, 5.74) is -1.85. The van der Waals surface area contributed by atoms with Gasteiger partial charge < -0.3 is 18.9 Å². The molecule has 4 saturated heterocycles. The van der Waals surface area contributed by atoms with E-state index < -0.39 is 170 Å². The Labute approximate surface area is 322 Å². The Kier molecular flexibility index (Phi) is 10.9. The van der Waals surface area contributed by atoms with Crippen LogP contribution in [0.15, 0.2) is 24.3 Å². The van der Waals surface area contributed by atoms with Gasteiger partial charge in [0.05, 0.1) is 60.9 Å². The van der Waals surface area contributed by atoms with Crippen molar-refractivity contribution >= 4 is 59.2 Å². The van der Waals surface area contributed by atoms with Crippen molar-refractivity contribution in [3.05, 3.63) is 24.3 Å². The molecule has 0 saturated carbocycles. The number of carbonyl (C=O) groups excluding carboxylic acids is 10. The van der Waals surface area contributed by atoms with E-state index in [0.29, 0.717) is 0 Å². The van der Waals surface area contributed by atoms with Crippen LogP contribution in [0.3, 0.4) is 0 Å². The van der Waals surface area contributed by atoms with Crippen LogP contribution in [0.4, 0.5) is 0 Å². The SMILES string of the molecule is CC(C)(C)OC(=O)CCC(=O)N(C(=O)CCN1C(=O)C2C3C=CC(O3)C2C1=O)N(C(=O)CCC(=O)OC(C)(C)C)C(=O)CCN1C(=O)C2C3C=CC(O3)C2C1=O. The topological polar surface area (TPSA) is 221 Å². The molecule has 0 N–H and O–H groups in total. The van der Waals surface area contributed by atoms with Gasteiger partial charge in [0, 0.05) is 38.8 Å². The summed E-state index contributed by atoms with van der Waals surface area (Å²) in [6.45, 7) is 8.60. The third-order valence-corrected chi connectivity index (χ3v) is 10.2. The Hall–Kier alpha value is -5.10. The van der Waals surface area contributed by atoms with E-state index in [0.717, 1.165) is 9.80 Å². The maximum Gasteiger partial charge on any atom is 0.306 e. The van der Waals surface area contributed by atoms with Gasteiger partial charge in [-0.1, -0.05) is 24.3 Å². The van der Waals surface area contributed by atoms with Crippen LogP contribution >= 0.6 is 0 Å². The van der Waals surface area contributed by atoms with E-state index in [4.69, 9.17) is 18.9 Å². The molecule has 8 amide bonds.